The van der Waals surface area contributed by atoms with Crippen LogP contribution in [0.25, 0.3) is 0 Å². The predicted molar refractivity (Wildman–Crippen MR) is 89.4 cm³/mol. The molecule has 0 unspecified atom stereocenters. The van der Waals surface area contributed by atoms with Gasteiger partial charge in [-0.2, -0.15) is 0 Å². The number of aryl methyl sites for hydroxylation is 2. The first-order valence-corrected chi connectivity index (χ1v) is 8.50. The number of rotatable bonds is 3. The van der Waals surface area contributed by atoms with Crippen molar-refractivity contribution in [2.45, 2.75) is 38.8 Å². The molecule has 0 bridgehead atoms. The van der Waals surface area contributed by atoms with Crippen molar-refractivity contribution in [3.05, 3.63) is 35.8 Å². The number of nitrogens with zero attached hydrogens (tertiary/aromatic N) is 6. The van der Waals surface area contributed by atoms with E-state index < -0.39 is 0 Å². The minimum Gasteiger partial charge on any atom is -0.353 e. The predicted octanol–water partition coefficient (Wildman–Crippen LogP) is 1.41. The average molecular weight is 312 g/mol. The summed E-state index contributed by atoms with van der Waals surface area (Å²) in [5.41, 5.74) is 2.65. The number of imidazole rings is 1. The first-order chi connectivity index (χ1) is 11.2. The first-order valence-electron chi connectivity index (χ1n) is 8.50. The Morgan fingerprint density at radius 3 is 2.87 bits per heavy atom. The Bertz CT molecular complexity index is 694. The van der Waals surface area contributed by atoms with Gasteiger partial charge in [0.2, 0.25) is 0 Å². The molecule has 6 heteroatoms. The fourth-order valence-electron chi connectivity index (χ4n) is 3.77. The summed E-state index contributed by atoms with van der Waals surface area (Å²) < 4.78 is 2.11. The smallest absolute Gasteiger partial charge is 0.135 e. The third-order valence-electron chi connectivity index (χ3n) is 5.18. The van der Waals surface area contributed by atoms with Crippen LogP contribution in [-0.2, 0) is 26.4 Å². The van der Waals surface area contributed by atoms with Crippen LogP contribution in [-0.4, -0.2) is 50.1 Å². The number of hydrogen-bond donors (Lipinski definition) is 0. The van der Waals surface area contributed by atoms with Gasteiger partial charge in [0, 0.05) is 56.4 Å². The normalized spacial score (nSPS) is 21.7. The molecule has 1 aliphatic carbocycles. The van der Waals surface area contributed by atoms with E-state index in [1.165, 1.54) is 23.5 Å². The van der Waals surface area contributed by atoms with E-state index in [9.17, 15) is 0 Å². The van der Waals surface area contributed by atoms with E-state index in [0.29, 0.717) is 6.04 Å². The lowest BCUT2D eigenvalue weighted by atomic mass is 10.1. The summed E-state index contributed by atoms with van der Waals surface area (Å²) in [6.07, 6.45) is 9.09. The number of hydrogen-bond acceptors (Lipinski definition) is 5. The fraction of sp³-hybridized carbons (Fsp3) is 0.588. The molecule has 6 nitrogen and oxygen atoms in total. The Labute approximate surface area is 137 Å². The fourth-order valence-corrected chi connectivity index (χ4v) is 3.77. The Morgan fingerprint density at radius 1 is 1.17 bits per heavy atom. The van der Waals surface area contributed by atoms with Gasteiger partial charge in [-0.05, 0) is 26.2 Å². The zero-order valence-electron chi connectivity index (χ0n) is 13.9. The van der Waals surface area contributed by atoms with Crippen LogP contribution in [0.4, 0.5) is 5.82 Å². The lowest BCUT2D eigenvalue weighted by Crippen LogP contribution is -2.52. The molecule has 2 aromatic rings. The van der Waals surface area contributed by atoms with E-state index in [2.05, 4.69) is 43.3 Å². The third kappa shape index (κ3) is 2.72. The van der Waals surface area contributed by atoms with Gasteiger partial charge in [0.15, 0.2) is 0 Å². The average Bonchev–Trinajstić information content (AvgIpc) is 3.18. The van der Waals surface area contributed by atoms with E-state index in [-0.39, 0.29) is 0 Å². The van der Waals surface area contributed by atoms with Gasteiger partial charge in [0.25, 0.3) is 0 Å². The number of fused-ring (bicyclic) bond motifs is 1. The highest BCUT2D eigenvalue weighted by molar-refractivity contribution is 5.51. The zero-order chi connectivity index (χ0) is 15.8. The molecular formula is C17H24N6. The van der Waals surface area contributed by atoms with Gasteiger partial charge in [-0.3, -0.25) is 4.90 Å². The van der Waals surface area contributed by atoms with E-state index >= 15 is 0 Å². The molecule has 1 fully saturated rings. The van der Waals surface area contributed by atoms with Crippen molar-refractivity contribution in [3.8, 4) is 0 Å². The van der Waals surface area contributed by atoms with Crippen molar-refractivity contribution < 1.29 is 0 Å². The minimum atomic E-state index is 0.493. The van der Waals surface area contributed by atoms with Gasteiger partial charge in [-0.25, -0.2) is 15.0 Å². The summed E-state index contributed by atoms with van der Waals surface area (Å²) >= 11 is 0. The molecule has 0 radical (unpaired) electrons. The third-order valence-corrected chi connectivity index (χ3v) is 5.18. The second kappa shape index (κ2) is 5.92. The van der Waals surface area contributed by atoms with Crippen molar-refractivity contribution in [3.63, 3.8) is 0 Å². The van der Waals surface area contributed by atoms with Crippen LogP contribution < -0.4 is 4.90 Å². The van der Waals surface area contributed by atoms with E-state index in [1.54, 1.807) is 6.33 Å². The lowest BCUT2D eigenvalue weighted by Gasteiger charge is -2.40. The van der Waals surface area contributed by atoms with Crippen LogP contribution in [0.3, 0.4) is 0 Å². The molecule has 1 saturated heterocycles. The van der Waals surface area contributed by atoms with Crippen molar-refractivity contribution in [2.24, 2.45) is 7.05 Å². The lowest BCUT2D eigenvalue weighted by molar-refractivity contribution is 0.174. The molecule has 0 aromatic carbocycles. The van der Waals surface area contributed by atoms with Crippen LogP contribution in [0.1, 0.15) is 30.4 Å². The highest BCUT2D eigenvalue weighted by Gasteiger charge is 2.28. The maximum atomic E-state index is 4.60. The van der Waals surface area contributed by atoms with Crippen molar-refractivity contribution >= 4 is 5.82 Å². The van der Waals surface area contributed by atoms with Crippen molar-refractivity contribution in [1.29, 1.82) is 0 Å². The van der Waals surface area contributed by atoms with Crippen LogP contribution >= 0.6 is 0 Å². The maximum Gasteiger partial charge on any atom is 0.135 e. The van der Waals surface area contributed by atoms with Crippen LogP contribution in [0.2, 0.25) is 0 Å². The Hall–Kier alpha value is -1.95. The molecule has 3 heterocycles. The topological polar surface area (TPSA) is 50.1 Å². The zero-order valence-corrected chi connectivity index (χ0v) is 13.9. The summed E-state index contributed by atoms with van der Waals surface area (Å²) in [7, 11) is 2.06. The molecule has 0 spiro atoms. The van der Waals surface area contributed by atoms with Gasteiger partial charge in [0.1, 0.15) is 18.0 Å². The maximum absolute atomic E-state index is 4.60. The molecule has 4 rings (SSSR count). The molecule has 122 valence electrons. The second-order valence-electron chi connectivity index (χ2n) is 6.70. The summed E-state index contributed by atoms with van der Waals surface area (Å²) in [6, 6.07) is 0.493. The Kier molecular flexibility index (Phi) is 3.77. The quantitative estimate of drug-likeness (QED) is 0.858. The Morgan fingerprint density at radius 2 is 2.09 bits per heavy atom. The summed E-state index contributed by atoms with van der Waals surface area (Å²) in [4.78, 5) is 18.5. The van der Waals surface area contributed by atoms with E-state index in [0.717, 1.165) is 44.8 Å². The summed E-state index contributed by atoms with van der Waals surface area (Å²) in [6.45, 7) is 6.32. The Balaban J connectivity index is 1.47. The summed E-state index contributed by atoms with van der Waals surface area (Å²) in [5.74, 6) is 2.31. The van der Waals surface area contributed by atoms with Gasteiger partial charge >= 0.3 is 0 Å². The second-order valence-corrected chi connectivity index (χ2v) is 6.70. The summed E-state index contributed by atoms with van der Waals surface area (Å²) in [5, 5.41) is 0. The van der Waals surface area contributed by atoms with Gasteiger partial charge in [-0.15, -0.1) is 0 Å². The van der Waals surface area contributed by atoms with Crippen molar-refractivity contribution in [1.82, 2.24) is 24.4 Å². The number of anilines is 1. The van der Waals surface area contributed by atoms with E-state index in [1.807, 2.05) is 12.4 Å². The standard InChI is InChI=1S/C17H24N6/c1-13-10-23(17-14-4-3-5-15(14)19-12-20-17)9-8-22(13)11-16-18-6-7-21(16)2/h6-7,12-13H,3-5,8-11H2,1-2H3/t13-/m0/s1. The molecule has 1 aliphatic heterocycles. The molecule has 23 heavy (non-hydrogen) atoms. The molecule has 0 amide bonds. The van der Waals surface area contributed by atoms with Crippen LogP contribution in [0, 0.1) is 0 Å². The first kappa shape index (κ1) is 14.6. The molecule has 2 aromatic heterocycles. The van der Waals surface area contributed by atoms with Gasteiger partial charge in [0.05, 0.1) is 6.54 Å². The van der Waals surface area contributed by atoms with Gasteiger partial charge in [-0.1, -0.05) is 0 Å². The molecule has 1 atom stereocenters. The highest BCUT2D eigenvalue weighted by atomic mass is 15.3. The number of piperazine rings is 1. The monoisotopic (exact) mass is 312 g/mol. The van der Waals surface area contributed by atoms with E-state index in [4.69, 9.17) is 0 Å². The SMILES string of the molecule is C[C@H]1CN(c2ncnc3c2CCC3)CCN1Cc1nccn1C. The van der Waals surface area contributed by atoms with Crippen LogP contribution in [0.15, 0.2) is 18.7 Å². The van der Waals surface area contributed by atoms with Gasteiger partial charge < -0.3 is 9.47 Å². The highest BCUT2D eigenvalue weighted by Crippen LogP contribution is 2.29. The molecule has 0 N–H and O–H groups in total. The minimum absolute atomic E-state index is 0.493. The molecule has 2 aliphatic rings. The number of aromatic nitrogens is 4. The molecule has 0 saturated carbocycles. The largest absolute Gasteiger partial charge is 0.353 e. The van der Waals surface area contributed by atoms with Crippen molar-refractivity contribution in [2.75, 3.05) is 24.5 Å². The molecular weight excluding hydrogens is 288 g/mol. The van der Waals surface area contributed by atoms with Crippen LogP contribution in [0.5, 0.6) is 0 Å².